The van der Waals surface area contributed by atoms with Crippen molar-refractivity contribution in [1.29, 1.82) is 0 Å². The van der Waals surface area contributed by atoms with E-state index in [9.17, 15) is 12.8 Å². The van der Waals surface area contributed by atoms with Gasteiger partial charge in [0.1, 0.15) is 5.82 Å². The van der Waals surface area contributed by atoms with Crippen LogP contribution in [0, 0.1) is 5.82 Å². The van der Waals surface area contributed by atoms with Crippen LogP contribution in [0.25, 0.3) is 11.3 Å². The second-order valence-electron chi connectivity index (χ2n) is 5.79. The summed E-state index contributed by atoms with van der Waals surface area (Å²) >= 11 is 4.37. The maximum absolute atomic E-state index is 13.2. The van der Waals surface area contributed by atoms with E-state index in [0.717, 1.165) is 21.8 Å². The van der Waals surface area contributed by atoms with Gasteiger partial charge in [-0.25, -0.2) is 27.1 Å². The van der Waals surface area contributed by atoms with Gasteiger partial charge in [0.15, 0.2) is 0 Å². The smallest absolute Gasteiger partial charge is 0.239 e. The second kappa shape index (κ2) is 7.06. The van der Waals surface area contributed by atoms with E-state index in [4.69, 9.17) is 0 Å². The number of rotatable bonds is 5. The van der Waals surface area contributed by atoms with E-state index in [2.05, 4.69) is 22.6 Å². The van der Waals surface area contributed by atoms with Crippen molar-refractivity contribution in [1.82, 2.24) is 9.97 Å². The van der Waals surface area contributed by atoms with E-state index >= 15 is 0 Å². The van der Waals surface area contributed by atoms with Crippen molar-refractivity contribution in [3.05, 3.63) is 41.3 Å². The number of hydrogen-bond donors (Lipinski definition) is 1. The Hall–Kier alpha value is -1.67. The first-order chi connectivity index (χ1) is 11.1. The molecule has 5 nitrogen and oxygen atoms in total. The Bertz CT molecular complexity index is 837. The van der Waals surface area contributed by atoms with Crippen LogP contribution in [0.5, 0.6) is 0 Å². The van der Waals surface area contributed by atoms with Crippen LogP contribution in [0.15, 0.2) is 24.3 Å². The number of benzene rings is 1. The van der Waals surface area contributed by atoms with Crippen LogP contribution < -0.4 is 4.31 Å². The van der Waals surface area contributed by atoms with Crippen molar-refractivity contribution < 1.29 is 12.8 Å². The number of anilines is 1. The Morgan fingerprint density at radius 1 is 1.21 bits per heavy atom. The van der Waals surface area contributed by atoms with E-state index in [-0.39, 0.29) is 17.7 Å². The highest BCUT2D eigenvalue weighted by atomic mass is 32.2. The molecule has 8 heteroatoms. The molecule has 130 valence electrons. The number of hydrogen-bond acceptors (Lipinski definition) is 5. The van der Waals surface area contributed by atoms with Gasteiger partial charge >= 0.3 is 0 Å². The lowest BCUT2D eigenvalue weighted by molar-refractivity contribution is 0.599. The lowest BCUT2D eigenvalue weighted by Crippen LogP contribution is -2.27. The van der Waals surface area contributed by atoms with Crippen LogP contribution >= 0.6 is 12.6 Å². The van der Waals surface area contributed by atoms with Crippen LogP contribution in [0.1, 0.15) is 31.0 Å². The molecule has 1 aromatic carbocycles. The Kier molecular flexibility index (Phi) is 5.49. The number of halogens is 1. The van der Waals surface area contributed by atoms with Crippen LogP contribution in [0.2, 0.25) is 0 Å². The Balaban J connectivity index is 2.76. The maximum Gasteiger partial charge on any atom is 0.239 e. The highest BCUT2D eigenvalue weighted by Crippen LogP contribution is 2.31. The third-order valence-electron chi connectivity index (χ3n) is 3.63. The van der Waals surface area contributed by atoms with Crippen LogP contribution in [-0.4, -0.2) is 31.7 Å². The molecule has 2 aromatic rings. The highest BCUT2D eigenvalue weighted by Gasteiger charge is 2.22. The number of aromatic nitrogens is 2. The van der Waals surface area contributed by atoms with Crippen LogP contribution in [0.4, 0.5) is 10.3 Å². The molecule has 0 N–H and O–H groups in total. The lowest BCUT2D eigenvalue weighted by Gasteiger charge is -2.20. The molecule has 0 saturated carbocycles. The Morgan fingerprint density at radius 3 is 2.25 bits per heavy atom. The molecule has 0 spiro atoms. The molecule has 0 radical (unpaired) electrons. The van der Waals surface area contributed by atoms with Crippen molar-refractivity contribution in [3.8, 4) is 11.3 Å². The second-order valence-corrected chi connectivity index (χ2v) is 8.12. The monoisotopic (exact) mass is 369 g/mol. The highest BCUT2D eigenvalue weighted by molar-refractivity contribution is 7.92. The normalized spacial score (nSPS) is 11.8. The molecule has 0 atom stereocenters. The summed E-state index contributed by atoms with van der Waals surface area (Å²) in [7, 11) is -2.09. The fourth-order valence-electron chi connectivity index (χ4n) is 2.26. The predicted molar refractivity (Wildman–Crippen MR) is 97.5 cm³/mol. The van der Waals surface area contributed by atoms with Crippen LogP contribution in [-0.2, 0) is 15.8 Å². The first kappa shape index (κ1) is 18.7. The number of sulfonamides is 1. The van der Waals surface area contributed by atoms with Gasteiger partial charge < -0.3 is 0 Å². The molecule has 24 heavy (non-hydrogen) atoms. The molecular formula is C16H20FN3O2S2. The topological polar surface area (TPSA) is 63.2 Å². The van der Waals surface area contributed by atoms with Crippen molar-refractivity contribution in [2.75, 3.05) is 17.6 Å². The molecule has 0 bridgehead atoms. The lowest BCUT2D eigenvalue weighted by atomic mass is 9.99. The van der Waals surface area contributed by atoms with E-state index in [1.165, 1.54) is 19.2 Å². The van der Waals surface area contributed by atoms with Gasteiger partial charge in [0, 0.05) is 23.9 Å². The minimum Gasteiger partial charge on any atom is -0.241 e. The summed E-state index contributed by atoms with van der Waals surface area (Å²) < 4.78 is 37.9. The van der Waals surface area contributed by atoms with Gasteiger partial charge in [0.25, 0.3) is 0 Å². The van der Waals surface area contributed by atoms with Crippen molar-refractivity contribution in [2.45, 2.75) is 25.5 Å². The first-order valence-corrected chi connectivity index (χ1v) is 9.84. The zero-order valence-electron chi connectivity index (χ0n) is 14.0. The van der Waals surface area contributed by atoms with Gasteiger partial charge in [-0.1, -0.05) is 13.8 Å². The molecule has 0 aliphatic heterocycles. The molecule has 0 amide bonds. The van der Waals surface area contributed by atoms with Crippen molar-refractivity contribution in [2.24, 2.45) is 0 Å². The average Bonchev–Trinajstić information content (AvgIpc) is 2.52. The average molecular weight is 369 g/mol. The standard InChI is InChI=1S/C16H20FN3O2S2/c1-10(2)14-13(9-23)15(11-5-7-12(17)8-6-11)19-16(18-14)20(3)24(4,21)22/h5-8,10,23H,9H2,1-4H3. The molecular weight excluding hydrogens is 349 g/mol. The SMILES string of the molecule is CC(C)c1nc(N(C)S(C)(=O)=O)nc(-c2ccc(F)cc2)c1CS. The van der Waals surface area contributed by atoms with Crippen molar-refractivity contribution in [3.63, 3.8) is 0 Å². The molecule has 1 aromatic heterocycles. The molecule has 2 rings (SSSR count). The summed E-state index contributed by atoms with van der Waals surface area (Å²) in [5.41, 5.74) is 2.79. The molecule has 1 heterocycles. The van der Waals surface area contributed by atoms with Gasteiger partial charge in [-0.3, -0.25) is 0 Å². The van der Waals surface area contributed by atoms with E-state index < -0.39 is 10.0 Å². The van der Waals surface area contributed by atoms with Gasteiger partial charge in [0.2, 0.25) is 16.0 Å². The number of nitrogens with zero attached hydrogens (tertiary/aromatic N) is 3. The molecule has 0 aliphatic carbocycles. The van der Waals surface area contributed by atoms with Gasteiger partial charge in [-0.05, 0) is 30.2 Å². The quantitative estimate of drug-likeness (QED) is 0.822. The summed E-state index contributed by atoms with van der Waals surface area (Å²) in [6.45, 7) is 3.93. The third kappa shape index (κ3) is 3.87. The van der Waals surface area contributed by atoms with Gasteiger partial charge in [0.05, 0.1) is 17.6 Å². The van der Waals surface area contributed by atoms with Crippen molar-refractivity contribution >= 4 is 28.6 Å². The molecule has 0 fully saturated rings. The minimum atomic E-state index is -3.49. The Morgan fingerprint density at radius 2 is 1.79 bits per heavy atom. The first-order valence-electron chi connectivity index (χ1n) is 7.36. The molecule has 0 saturated heterocycles. The molecule has 0 unspecified atom stereocenters. The summed E-state index contributed by atoms with van der Waals surface area (Å²) in [6.07, 6.45) is 1.09. The van der Waals surface area contributed by atoms with Crippen LogP contribution in [0.3, 0.4) is 0 Å². The zero-order valence-corrected chi connectivity index (χ0v) is 15.7. The fraction of sp³-hybridized carbons (Fsp3) is 0.375. The Labute approximate surface area is 147 Å². The van der Waals surface area contributed by atoms with Gasteiger partial charge in [-0.15, -0.1) is 0 Å². The fourth-order valence-corrected chi connectivity index (χ4v) is 2.95. The summed E-state index contributed by atoms with van der Waals surface area (Å²) in [5.74, 6) is 0.188. The zero-order chi connectivity index (χ0) is 18.1. The summed E-state index contributed by atoms with van der Waals surface area (Å²) in [4.78, 5) is 8.84. The maximum atomic E-state index is 13.2. The summed E-state index contributed by atoms with van der Waals surface area (Å²) in [5, 5.41) is 0. The van der Waals surface area contributed by atoms with E-state index in [0.29, 0.717) is 17.0 Å². The third-order valence-corrected chi connectivity index (χ3v) is 5.10. The summed E-state index contributed by atoms with van der Waals surface area (Å²) in [6, 6.07) is 5.90. The molecule has 0 aliphatic rings. The predicted octanol–water partition coefficient (Wildman–Crippen LogP) is 3.23. The number of thiol groups is 1. The van der Waals surface area contributed by atoms with Gasteiger partial charge in [-0.2, -0.15) is 12.6 Å². The van der Waals surface area contributed by atoms with E-state index in [1.54, 1.807) is 12.1 Å². The minimum absolute atomic E-state index is 0.0565. The largest absolute Gasteiger partial charge is 0.241 e. The van der Waals surface area contributed by atoms with E-state index in [1.807, 2.05) is 13.8 Å².